The molecule has 0 aliphatic carbocycles. The lowest BCUT2D eigenvalue weighted by Crippen LogP contribution is -2.01. The quantitative estimate of drug-likeness (QED) is 0.919. The van der Waals surface area contributed by atoms with Gasteiger partial charge in [-0.25, -0.2) is 4.39 Å². The van der Waals surface area contributed by atoms with E-state index in [-0.39, 0.29) is 19.0 Å². The van der Waals surface area contributed by atoms with Crippen molar-refractivity contribution in [2.45, 2.75) is 13.2 Å². The van der Waals surface area contributed by atoms with E-state index < -0.39 is 0 Å². The van der Waals surface area contributed by atoms with Gasteiger partial charge in [0.25, 0.3) is 0 Å². The van der Waals surface area contributed by atoms with Crippen LogP contribution in [0.25, 0.3) is 0 Å². The summed E-state index contributed by atoms with van der Waals surface area (Å²) in [5.41, 5.74) is 6.92. The van der Waals surface area contributed by atoms with Gasteiger partial charge in [0.1, 0.15) is 18.2 Å². The molecule has 5 heteroatoms. The monoisotopic (exact) mass is 299 g/mol. The van der Waals surface area contributed by atoms with Crippen molar-refractivity contribution in [2.75, 3.05) is 0 Å². The molecule has 0 unspecified atom stereocenters. The molecule has 0 radical (unpaired) electrons. The average Bonchev–Trinajstić information content (AvgIpc) is 2.34. The summed E-state index contributed by atoms with van der Waals surface area (Å²) in [5.74, 6) is 0.210. The molecule has 2 nitrogen and oxygen atoms in total. The first kappa shape index (κ1) is 14.1. The Morgan fingerprint density at radius 1 is 0.947 bits per heavy atom. The lowest BCUT2D eigenvalue weighted by atomic mass is 10.1. The third-order valence-corrected chi connectivity index (χ3v) is 2.93. The van der Waals surface area contributed by atoms with Gasteiger partial charge < -0.3 is 10.5 Å². The summed E-state index contributed by atoms with van der Waals surface area (Å²) in [6.45, 7) is 0.509. The highest BCUT2D eigenvalue weighted by molar-refractivity contribution is 6.34. The molecule has 0 aliphatic heterocycles. The van der Waals surface area contributed by atoms with E-state index in [1.54, 1.807) is 24.3 Å². The van der Waals surface area contributed by atoms with E-state index in [0.717, 1.165) is 5.56 Å². The molecule has 0 amide bonds. The molecule has 2 aromatic carbocycles. The molecule has 0 saturated heterocycles. The highest BCUT2D eigenvalue weighted by Gasteiger charge is 2.03. The zero-order valence-corrected chi connectivity index (χ0v) is 11.5. The minimum Gasteiger partial charge on any atom is -0.489 e. The number of benzene rings is 2. The third-order valence-electron chi connectivity index (χ3n) is 2.49. The fourth-order valence-electron chi connectivity index (χ4n) is 1.70. The molecular formula is C14H12Cl2FNO. The Bertz CT molecular complexity index is 569. The first-order valence-electron chi connectivity index (χ1n) is 5.64. The second kappa shape index (κ2) is 6.24. The topological polar surface area (TPSA) is 35.2 Å². The fourth-order valence-corrected chi connectivity index (χ4v) is 2.20. The van der Waals surface area contributed by atoms with Crippen LogP contribution in [0.1, 0.15) is 11.1 Å². The lowest BCUT2D eigenvalue weighted by molar-refractivity contribution is 0.305. The van der Waals surface area contributed by atoms with Crippen molar-refractivity contribution in [3.8, 4) is 5.75 Å². The minimum atomic E-state index is -0.328. The van der Waals surface area contributed by atoms with Gasteiger partial charge in [-0.2, -0.15) is 0 Å². The molecule has 0 spiro atoms. The van der Waals surface area contributed by atoms with E-state index in [2.05, 4.69) is 0 Å². The highest BCUT2D eigenvalue weighted by Crippen LogP contribution is 2.25. The van der Waals surface area contributed by atoms with Crippen LogP contribution in [0, 0.1) is 5.82 Å². The second-order valence-electron chi connectivity index (χ2n) is 4.07. The van der Waals surface area contributed by atoms with Gasteiger partial charge in [0.05, 0.1) is 0 Å². The van der Waals surface area contributed by atoms with Gasteiger partial charge in [-0.15, -0.1) is 0 Å². The van der Waals surface area contributed by atoms with Crippen molar-refractivity contribution in [3.05, 3.63) is 63.4 Å². The van der Waals surface area contributed by atoms with Crippen LogP contribution in [-0.2, 0) is 13.2 Å². The molecular weight excluding hydrogens is 288 g/mol. The number of nitrogens with two attached hydrogens (primary N) is 1. The number of halogens is 3. The Kier molecular flexibility index (Phi) is 4.64. The van der Waals surface area contributed by atoms with Crippen LogP contribution < -0.4 is 10.5 Å². The van der Waals surface area contributed by atoms with Crippen molar-refractivity contribution in [1.82, 2.24) is 0 Å². The molecule has 0 fully saturated rings. The maximum atomic E-state index is 13.3. The van der Waals surface area contributed by atoms with Crippen LogP contribution >= 0.6 is 23.2 Å². The maximum Gasteiger partial charge on any atom is 0.123 e. The van der Waals surface area contributed by atoms with Gasteiger partial charge in [0, 0.05) is 16.6 Å². The molecule has 0 aliphatic rings. The van der Waals surface area contributed by atoms with E-state index in [1.807, 2.05) is 0 Å². The molecule has 19 heavy (non-hydrogen) atoms. The van der Waals surface area contributed by atoms with Crippen LogP contribution in [0.2, 0.25) is 10.0 Å². The zero-order chi connectivity index (χ0) is 13.8. The number of hydrogen-bond acceptors (Lipinski definition) is 2. The second-order valence-corrected chi connectivity index (χ2v) is 4.94. The smallest absolute Gasteiger partial charge is 0.123 e. The molecule has 0 saturated carbocycles. The summed E-state index contributed by atoms with van der Waals surface area (Å²) in [6.07, 6.45) is 0. The Labute approximate surface area is 120 Å². The first-order valence-corrected chi connectivity index (χ1v) is 6.40. The first-order chi connectivity index (χ1) is 9.06. The van der Waals surface area contributed by atoms with E-state index in [1.165, 1.54) is 12.1 Å². The molecule has 2 N–H and O–H groups in total. The summed E-state index contributed by atoms with van der Waals surface area (Å²) >= 11 is 11.7. The SMILES string of the molecule is NCc1cc(F)cc(COc2cc(Cl)cc(Cl)c2)c1. The van der Waals surface area contributed by atoms with Crippen molar-refractivity contribution < 1.29 is 9.13 Å². The fraction of sp³-hybridized carbons (Fsp3) is 0.143. The molecule has 2 rings (SSSR count). The van der Waals surface area contributed by atoms with Gasteiger partial charge in [0.2, 0.25) is 0 Å². The average molecular weight is 300 g/mol. The van der Waals surface area contributed by atoms with Gasteiger partial charge in [-0.3, -0.25) is 0 Å². The predicted molar refractivity (Wildman–Crippen MR) is 75.1 cm³/mol. The van der Waals surface area contributed by atoms with E-state index in [4.69, 9.17) is 33.7 Å². The summed E-state index contributed by atoms with van der Waals surface area (Å²) in [7, 11) is 0. The Balaban J connectivity index is 2.11. The summed E-state index contributed by atoms with van der Waals surface area (Å²) < 4.78 is 18.8. The number of ether oxygens (including phenoxy) is 1. The number of hydrogen-bond donors (Lipinski definition) is 1. The lowest BCUT2D eigenvalue weighted by Gasteiger charge is -2.08. The van der Waals surface area contributed by atoms with Crippen molar-refractivity contribution in [1.29, 1.82) is 0 Å². The number of rotatable bonds is 4. The van der Waals surface area contributed by atoms with Crippen LogP contribution in [0.3, 0.4) is 0 Å². The normalized spacial score (nSPS) is 10.5. The Morgan fingerprint density at radius 2 is 1.58 bits per heavy atom. The van der Waals surface area contributed by atoms with Crippen molar-refractivity contribution >= 4 is 23.2 Å². The van der Waals surface area contributed by atoms with E-state index in [0.29, 0.717) is 21.4 Å². The zero-order valence-electron chi connectivity index (χ0n) is 10.00. The van der Waals surface area contributed by atoms with Crippen LogP contribution in [0.4, 0.5) is 4.39 Å². The largest absolute Gasteiger partial charge is 0.489 e. The van der Waals surface area contributed by atoms with E-state index >= 15 is 0 Å². The van der Waals surface area contributed by atoms with Crippen LogP contribution in [-0.4, -0.2) is 0 Å². The van der Waals surface area contributed by atoms with Crippen LogP contribution in [0.5, 0.6) is 5.75 Å². The molecule has 2 aromatic rings. The summed E-state index contributed by atoms with van der Waals surface area (Å²) in [4.78, 5) is 0. The molecule has 0 atom stereocenters. The Morgan fingerprint density at radius 3 is 2.21 bits per heavy atom. The van der Waals surface area contributed by atoms with Gasteiger partial charge >= 0.3 is 0 Å². The minimum absolute atomic E-state index is 0.224. The molecule has 0 aromatic heterocycles. The van der Waals surface area contributed by atoms with Crippen LogP contribution in [0.15, 0.2) is 36.4 Å². The molecule has 0 bridgehead atoms. The van der Waals surface area contributed by atoms with E-state index in [9.17, 15) is 4.39 Å². The van der Waals surface area contributed by atoms with Gasteiger partial charge in [-0.05, 0) is 41.5 Å². The maximum absolute atomic E-state index is 13.3. The Hall–Kier alpha value is -1.29. The third kappa shape index (κ3) is 4.10. The van der Waals surface area contributed by atoms with Crippen molar-refractivity contribution in [3.63, 3.8) is 0 Å². The summed E-state index contributed by atoms with van der Waals surface area (Å²) in [5, 5.41) is 0.980. The predicted octanol–water partition coefficient (Wildman–Crippen LogP) is 4.17. The molecule has 100 valence electrons. The van der Waals surface area contributed by atoms with Crippen molar-refractivity contribution in [2.24, 2.45) is 5.73 Å². The van der Waals surface area contributed by atoms with Gasteiger partial charge in [0.15, 0.2) is 0 Å². The summed E-state index contributed by atoms with van der Waals surface area (Å²) in [6, 6.07) is 9.53. The standard InChI is InChI=1S/C14H12Cl2FNO/c15-11-4-12(16)6-14(5-11)19-8-10-1-9(7-18)2-13(17)3-10/h1-6H,7-8,18H2. The molecule has 0 heterocycles. The van der Waals surface area contributed by atoms with Gasteiger partial charge in [-0.1, -0.05) is 29.3 Å². The highest BCUT2D eigenvalue weighted by atomic mass is 35.5.